The van der Waals surface area contributed by atoms with Gasteiger partial charge in [0, 0.05) is 37.9 Å². The average Bonchev–Trinajstić information content (AvgIpc) is 3.03. The minimum absolute atomic E-state index is 0.206. The molecule has 126 valence electrons. The Bertz CT molecular complexity index is 544. The number of rotatable bonds is 4. The topological polar surface area (TPSA) is 35.6 Å². The molecule has 0 bridgehead atoms. The predicted molar refractivity (Wildman–Crippen MR) is 95.0 cm³/mol. The quantitative estimate of drug-likeness (QED) is 0.927. The van der Waals surface area contributed by atoms with E-state index in [0.29, 0.717) is 12.6 Å². The number of aryl methyl sites for hydroxylation is 2. The van der Waals surface area contributed by atoms with E-state index in [0.717, 1.165) is 39.0 Å². The maximum Gasteiger partial charge on any atom is 0.234 e. The smallest absolute Gasteiger partial charge is 0.234 e. The van der Waals surface area contributed by atoms with Crippen molar-refractivity contribution in [1.29, 1.82) is 0 Å². The first-order valence-electron chi connectivity index (χ1n) is 8.96. The Balaban J connectivity index is 1.48. The lowest BCUT2D eigenvalue weighted by Gasteiger charge is -2.36. The van der Waals surface area contributed by atoms with Gasteiger partial charge in [-0.1, -0.05) is 25.0 Å². The molecule has 0 unspecified atom stereocenters. The van der Waals surface area contributed by atoms with Crippen LogP contribution < -0.4 is 10.2 Å². The highest BCUT2D eigenvalue weighted by molar-refractivity contribution is 5.78. The molecule has 0 aromatic heterocycles. The standard InChI is InChI=1S/C19H29N3O/c1-15-7-8-16(2)18(13-15)22-11-9-21(10-12-22)14-19(23)20-17-5-3-4-6-17/h7-8,13,17H,3-6,9-12,14H2,1-2H3,(H,20,23). The van der Waals surface area contributed by atoms with Crippen molar-refractivity contribution >= 4 is 11.6 Å². The molecule has 1 amide bonds. The zero-order chi connectivity index (χ0) is 16.2. The Morgan fingerprint density at radius 2 is 1.83 bits per heavy atom. The van der Waals surface area contributed by atoms with Gasteiger partial charge in [0.15, 0.2) is 0 Å². The first-order chi connectivity index (χ1) is 11.1. The highest BCUT2D eigenvalue weighted by Crippen LogP contribution is 2.23. The van der Waals surface area contributed by atoms with Crippen LogP contribution >= 0.6 is 0 Å². The van der Waals surface area contributed by atoms with Crippen LogP contribution in [-0.4, -0.2) is 49.6 Å². The van der Waals surface area contributed by atoms with Crippen LogP contribution in [0, 0.1) is 13.8 Å². The maximum atomic E-state index is 12.2. The SMILES string of the molecule is Cc1ccc(C)c(N2CCN(CC(=O)NC3CCCC3)CC2)c1. The lowest BCUT2D eigenvalue weighted by molar-refractivity contribution is -0.123. The Morgan fingerprint density at radius 3 is 2.52 bits per heavy atom. The molecule has 1 aromatic carbocycles. The second-order valence-electron chi connectivity index (χ2n) is 7.10. The summed E-state index contributed by atoms with van der Waals surface area (Å²) in [4.78, 5) is 16.9. The number of hydrogen-bond acceptors (Lipinski definition) is 3. The van der Waals surface area contributed by atoms with Gasteiger partial charge in [-0.15, -0.1) is 0 Å². The summed E-state index contributed by atoms with van der Waals surface area (Å²) in [6.45, 7) is 8.80. The van der Waals surface area contributed by atoms with Crippen LogP contribution in [0.15, 0.2) is 18.2 Å². The molecule has 23 heavy (non-hydrogen) atoms. The molecule has 1 aliphatic heterocycles. The van der Waals surface area contributed by atoms with Crippen LogP contribution in [0.25, 0.3) is 0 Å². The van der Waals surface area contributed by atoms with E-state index in [9.17, 15) is 4.79 Å². The van der Waals surface area contributed by atoms with Crippen molar-refractivity contribution < 1.29 is 4.79 Å². The minimum Gasteiger partial charge on any atom is -0.369 e. The number of nitrogens with zero attached hydrogens (tertiary/aromatic N) is 2. The summed E-state index contributed by atoms with van der Waals surface area (Å²) in [5, 5.41) is 3.19. The fourth-order valence-corrected chi connectivity index (χ4v) is 3.75. The summed E-state index contributed by atoms with van der Waals surface area (Å²) < 4.78 is 0. The molecule has 1 saturated carbocycles. The van der Waals surface area contributed by atoms with E-state index in [4.69, 9.17) is 0 Å². The number of hydrogen-bond donors (Lipinski definition) is 1. The number of piperazine rings is 1. The number of carbonyl (C=O) groups excluding carboxylic acids is 1. The van der Waals surface area contributed by atoms with Gasteiger partial charge < -0.3 is 10.2 Å². The second kappa shape index (κ2) is 7.35. The first kappa shape index (κ1) is 16.3. The highest BCUT2D eigenvalue weighted by atomic mass is 16.2. The molecular weight excluding hydrogens is 286 g/mol. The van der Waals surface area contributed by atoms with Crippen LogP contribution in [0.3, 0.4) is 0 Å². The van der Waals surface area contributed by atoms with E-state index in [1.807, 2.05) is 0 Å². The van der Waals surface area contributed by atoms with Crippen molar-refractivity contribution in [2.75, 3.05) is 37.6 Å². The summed E-state index contributed by atoms with van der Waals surface area (Å²) in [6.07, 6.45) is 4.84. The van der Waals surface area contributed by atoms with Crippen LogP contribution in [0.4, 0.5) is 5.69 Å². The Labute approximate surface area is 139 Å². The van der Waals surface area contributed by atoms with Gasteiger partial charge in [-0.3, -0.25) is 9.69 Å². The summed E-state index contributed by atoms with van der Waals surface area (Å²) in [7, 11) is 0. The third kappa shape index (κ3) is 4.25. The van der Waals surface area contributed by atoms with Gasteiger partial charge in [0.2, 0.25) is 5.91 Å². The molecule has 0 spiro atoms. The van der Waals surface area contributed by atoms with Gasteiger partial charge in [0.05, 0.1) is 6.54 Å². The number of carbonyl (C=O) groups is 1. The largest absolute Gasteiger partial charge is 0.369 e. The minimum atomic E-state index is 0.206. The lowest BCUT2D eigenvalue weighted by Crippen LogP contribution is -2.50. The molecular formula is C19H29N3O. The molecule has 2 fully saturated rings. The van der Waals surface area contributed by atoms with E-state index in [1.54, 1.807) is 0 Å². The van der Waals surface area contributed by atoms with Crippen LogP contribution in [0.2, 0.25) is 0 Å². The fourth-order valence-electron chi connectivity index (χ4n) is 3.75. The van der Waals surface area contributed by atoms with E-state index in [2.05, 4.69) is 47.2 Å². The molecule has 0 radical (unpaired) electrons. The summed E-state index contributed by atoms with van der Waals surface area (Å²) >= 11 is 0. The number of nitrogens with one attached hydrogen (secondary N) is 1. The van der Waals surface area contributed by atoms with Crippen molar-refractivity contribution in [3.63, 3.8) is 0 Å². The third-order valence-corrected chi connectivity index (χ3v) is 5.17. The number of amides is 1. The van der Waals surface area contributed by atoms with Crippen molar-refractivity contribution in [2.45, 2.75) is 45.6 Å². The Morgan fingerprint density at radius 1 is 1.13 bits per heavy atom. The normalized spacial score (nSPS) is 20.0. The van der Waals surface area contributed by atoms with E-state index in [1.165, 1.54) is 29.7 Å². The number of anilines is 1. The molecule has 4 nitrogen and oxygen atoms in total. The fraction of sp³-hybridized carbons (Fsp3) is 0.632. The lowest BCUT2D eigenvalue weighted by atomic mass is 10.1. The van der Waals surface area contributed by atoms with Gasteiger partial charge in [0.25, 0.3) is 0 Å². The molecule has 0 atom stereocenters. The van der Waals surface area contributed by atoms with Crippen molar-refractivity contribution in [3.05, 3.63) is 29.3 Å². The molecule has 1 aliphatic carbocycles. The van der Waals surface area contributed by atoms with Gasteiger partial charge in [-0.2, -0.15) is 0 Å². The van der Waals surface area contributed by atoms with Gasteiger partial charge in [-0.25, -0.2) is 0 Å². The molecule has 1 aromatic rings. The third-order valence-electron chi connectivity index (χ3n) is 5.17. The molecule has 1 saturated heterocycles. The monoisotopic (exact) mass is 315 g/mol. The second-order valence-corrected chi connectivity index (χ2v) is 7.10. The zero-order valence-corrected chi connectivity index (χ0v) is 14.5. The van der Waals surface area contributed by atoms with Crippen LogP contribution in [-0.2, 0) is 4.79 Å². The summed E-state index contributed by atoms with van der Waals surface area (Å²) in [5.41, 5.74) is 3.99. The van der Waals surface area contributed by atoms with E-state index >= 15 is 0 Å². The Hall–Kier alpha value is -1.55. The van der Waals surface area contributed by atoms with Crippen LogP contribution in [0.5, 0.6) is 0 Å². The van der Waals surface area contributed by atoms with Crippen molar-refractivity contribution in [2.24, 2.45) is 0 Å². The highest BCUT2D eigenvalue weighted by Gasteiger charge is 2.22. The summed E-state index contributed by atoms with van der Waals surface area (Å²) in [5.74, 6) is 0.206. The van der Waals surface area contributed by atoms with Crippen molar-refractivity contribution in [1.82, 2.24) is 10.2 Å². The van der Waals surface area contributed by atoms with Gasteiger partial charge >= 0.3 is 0 Å². The first-order valence-corrected chi connectivity index (χ1v) is 8.96. The maximum absolute atomic E-state index is 12.2. The van der Waals surface area contributed by atoms with E-state index < -0.39 is 0 Å². The van der Waals surface area contributed by atoms with Crippen molar-refractivity contribution in [3.8, 4) is 0 Å². The predicted octanol–water partition coefficient (Wildman–Crippen LogP) is 2.48. The van der Waals surface area contributed by atoms with E-state index in [-0.39, 0.29) is 5.91 Å². The summed E-state index contributed by atoms with van der Waals surface area (Å²) in [6, 6.07) is 7.07. The van der Waals surface area contributed by atoms with Gasteiger partial charge in [0.1, 0.15) is 0 Å². The van der Waals surface area contributed by atoms with Gasteiger partial charge in [-0.05, 0) is 43.9 Å². The zero-order valence-electron chi connectivity index (χ0n) is 14.5. The molecule has 1 heterocycles. The Kier molecular flexibility index (Phi) is 5.21. The molecule has 3 rings (SSSR count). The molecule has 2 aliphatic rings. The van der Waals surface area contributed by atoms with Crippen LogP contribution in [0.1, 0.15) is 36.8 Å². The molecule has 4 heteroatoms. The average molecular weight is 315 g/mol. The number of benzene rings is 1. The molecule has 1 N–H and O–H groups in total.